The van der Waals surface area contributed by atoms with Crippen LogP contribution in [0, 0.1) is 5.82 Å². The summed E-state index contributed by atoms with van der Waals surface area (Å²) >= 11 is 0. The summed E-state index contributed by atoms with van der Waals surface area (Å²) in [5.74, 6) is 1.44. The molecule has 0 saturated carbocycles. The minimum atomic E-state index is -0.304. The van der Waals surface area contributed by atoms with Crippen LogP contribution in [0.25, 0.3) is 0 Å². The minimum Gasteiger partial charge on any atom is -0.457 e. The highest BCUT2D eigenvalue weighted by atomic mass is 19.1. The van der Waals surface area contributed by atoms with Crippen molar-refractivity contribution in [2.45, 2.75) is 32.7 Å². The second kappa shape index (κ2) is 6.06. The number of nitrogens with two attached hydrogens (primary N) is 1. The number of hydrogen-bond acceptors (Lipinski definition) is 2. The Morgan fingerprint density at radius 3 is 2.25 bits per heavy atom. The Morgan fingerprint density at radius 1 is 0.950 bits per heavy atom. The number of ether oxygens (including phenoxy) is 1. The highest BCUT2D eigenvalue weighted by molar-refractivity contribution is 5.43. The minimum absolute atomic E-state index is 0.285. The van der Waals surface area contributed by atoms with Crippen LogP contribution in [0.15, 0.2) is 42.5 Å². The molecule has 0 saturated heterocycles. The Kier molecular flexibility index (Phi) is 4.40. The van der Waals surface area contributed by atoms with Gasteiger partial charge in [0.05, 0.1) is 0 Å². The van der Waals surface area contributed by atoms with Crippen molar-refractivity contribution in [3.8, 4) is 11.5 Å². The molecule has 0 radical (unpaired) electrons. The molecule has 3 heteroatoms. The van der Waals surface area contributed by atoms with E-state index in [9.17, 15) is 4.39 Å². The Hall–Kier alpha value is -1.87. The second-order valence-electron chi connectivity index (χ2n) is 5.27. The molecule has 0 fully saturated rings. The lowest BCUT2D eigenvalue weighted by Crippen LogP contribution is -2.07. The van der Waals surface area contributed by atoms with Crippen LogP contribution in [0.2, 0.25) is 0 Å². The van der Waals surface area contributed by atoms with E-state index in [0.717, 1.165) is 11.3 Å². The van der Waals surface area contributed by atoms with Gasteiger partial charge in [-0.2, -0.15) is 0 Å². The fraction of sp³-hybridized carbons (Fsp3) is 0.294. The summed E-state index contributed by atoms with van der Waals surface area (Å²) in [4.78, 5) is 0. The summed E-state index contributed by atoms with van der Waals surface area (Å²) in [6, 6.07) is 12.0. The highest BCUT2D eigenvalue weighted by Gasteiger charge is 2.13. The van der Waals surface area contributed by atoms with Gasteiger partial charge in [-0.1, -0.05) is 32.0 Å². The molecular weight excluding hydrogens is 253 g/mol. The van der Waals surface area contributed by atoms with Gasteiger partial charge < -0.3 is 10.5 Å². The first kappa shape index (κ1) is 14.5. The number of halogens is 1. The lowest BCUT2D eigenvalue weighted by atomic mass is 10.0. The molecule has 0 bridgehead atoms. The number of rotatable bonds is 4. The number of benzene rings is 2. The van der Waals surface area contributed by atoms with Crippen molar-refractivity contribution in [1.82, 2.24) is 0 Å². The van der Waals surface area contributed by atoms with Gasteiger partial charge in [-0.25, -0.2) is 4.39 Å². The first-order chi connectivity index (χ1) is 9.49. The standard InChI is InChI=1S/C17H20FNO/c1-11(2)14-6-4-5-7-16(14)20-17-9-8-13(18)10-15(17)12(3)19/h4-12H,19H2,1-3H3/t12-/m1/s1. The van der Waals surface area contributed by atoms with Crippen molar-refractivity contribution in [1.29, 1.82) is 0 Å². The van der Waals surface area contributed by atoms with E-state index >= 15 is 0 Å². The summed E-state index contributed by atoms with van der Waals surface area (Å²) in [5, 5.41) is 0. The quantitative estimate of drug-likeness (QED) is 0.871. The maximum absolute atomic E-state index is 13.3. The molecule has 2 N–H and O–H groups in total. The van der Waals surface area contributed by atoms with Gasteiger partial charge >= 0.3 is 0 Å². The molecule has 0 amide bonds. The van der Waals surface area contributed by atoms with Crippen LogP contribution in [0.1, 0.15) is 43.9 Å². The first-order valence-corrected chi connectivity index (χ1v) is 6.81. The zero-order chi connectivity index (χ0) is 14.7. The third-order valence-corrected chi connectivity index (χ3v) is 3.22. The van der Waals surface area contributed by atoms with E-state index < -0.39 is 0 Å². The summed E-state index contributed by atoms with van der Waals surface area (Å²) in [6.07, 6.45) is 0. The molecule has 0 aliphatic rings. The highest BCUT2D eigenvalue weighted by Crippen LogP contribution is 2.33. The van der Waals surface area contributed by atoms with E-state index in [1.165, 1.54) is 12.1 Å². The fourth-order valence-corrected chi connectivity index (χ4v) is 2.14. The Bertz CT molecular complexity index is 593. The van der Waals surface area contributed by atoms with E-state index in [2.05, 4.69) is 13.8 Å². The topological polar surface area (TPSA) is 35.2 Å². The molecule has 20 heavy (non-hydrogen) atoms. The van der Waals surface area contributed by atoms with Gasteiger partial charge in [0.15, 0.2) is 0 Å². The molecule has 0 aliphatic heterocycles. The van der Waals surface area contributed by atoms with Gasteiger partial charge in [0.2, 0.25) is 0 Å². The van der Waals surface area contributed by atoms with Crippen LogP contribution in [-0.4, -0.2) is 0 Å². The van der Waals surface area contributed by atoms with Crippen molar-refractivity contribution in [3.05, 3.63) is 59.4 Å². The Balaban J connectivity index is 2.40. The van der Waals surface area contributed by atoms with Crippen molar-refractivity contribution in [2.24, 2.45) is 5.73 Å². The van der Waals surface area contributed by atoms with Gasteiger partial charge in [0.1, 0.15) is 17.3 Å². The van der Waals surface area contributed by atoms with Crippen molar-refractivity contribution in [2.75, 3.05) is 0 Å². The van der Waals surface area contributed by atoms with E-state index in [0.29, 0.717) is 17.2 Å². The average Bonchev–Trinajstić information content (AvgIpc) is 2.41. The maximum Gasteiger partial charge on any atom is 0.132 e. The van der Waals surface area contributed by atoms with Gasteiger partial charge in [-0.3, -0.25) is 0 Å². The van der Waals surface area contributed by atoms with Crippen molar-refractivity contribution < 1.29 is 9.13 Å². The third-order valence-electron chi connectivity index (χ3n) is 3.22. The van der Waals surface area contributed by atoms with Crippen LogP contribution in [0.5, 0.6) is 11.5 Å². The molecule has 0 spiro atoms. The largest absolute Gasteiger partial charge is 0.457 e. The van der Waals surface area contributed by atoms with Gasteiger partial charge in [-0.15, -0.1) is 0 Å². The van der Waals surface area contributed by atoms with Crippen LogP contribution in [0.4, 0.5) is 4.39 Å². The molecule has 0 unspecified atom stereocenters. The lowest BCUT2D eigenvalue weighted by molar-refractivity contribution is 0.461. The normalized spacial score (nSPS) is 12.5. The Morgan fingerprint density at radius 2 is 1.60 bits per heavy atom. The zero-order valence-electron chi connectivity index (χ0n) is 12.1. The fourth-order valence-electron chi connectivity index (χ4n) is 2.14. The molecule has 2 aromatic rings. The summed E-state index contributed by atoms with van der Waals surface area (Å²) in [5.41, 5.74) is 7.68. The predicted octanol–water partition coefficient (Wildman–Crippen LogP) is 4.76. The van der Waals surface area contributed by atoms with E-state index in [1.807, 2.05) is 31.2 Å². The average molecular weight is 273 g/mol. The van der Waals surface area contributed by atoms with Gasteiger partial charge in [-0.05, 0) is 42.7 Å². The third kappa shape index (κ3) is 3.17. The molecule has 2 nitrogen and oxygen atoms in total. The van der Waals surface area contributed by atoms with E-state index in [1.54, 1.807) is 6.07 Å². The number of para-hydroxylation sites is 1. The van der Waals surface area contributed by atoms with Crippen LogP contribution < -0.4 is 10.5 Å². The molecule has 0 heterocycles. The lowest BCUT2D eigenvalue weighted by Gasteiger charge is -2.17. The van der Waals surface area contributed by atoms with Crippen molar-refractivity contribution >= 4 is 0 Å². The monoisotopic (exact) mass is 273 g/mol. The molecule has 0 aliphatic carbocycles. The van der Waals surface area contributed by atoms with E-state index in [4.69, 9.17) is 10.5 Å². The predicted molar refractivity (Wildman–Crippen MR) is 79.6 cm³/mol. The van der Waals surface area contributed by atoms with Crippen molar-refractivity contribution in [3.63, 3.8) is 0 Å². The van der Waals surface area contributed by atoms with Crippen LogP contribution >= 0.6 is 0 Å². The maximum atomic E-state index is 13.3. The Labute approximate surface area is 119 Å². The molecule has 1 atom stereocenters. The molecule has 2 aromatic carbocycles. The van der Waals surface area contributed by atoms with Crippen LogP contribution in [-0.2, 0) is 0 Å². The van der Waals surface area contributed by atoms with E-state index in [-0.39, 0.29) is 11.9 Å². The second-order valence-corrected chi connectivity index (χ2v) is 5.27. The molecule has 106 valence electrons. The first-order valence-electron chi connectivity index (χ1n) is 6.81. The molecule has 2 rings (SSSR count). The van der Waals surface area contributed by atoms with Crippen LogP contribution in [0.3, 0.4) is 0 Å². The van der Waals surface area contributed by atoms with Gasteiger partial charge in [0.25, 0.3) is 0 Å². The summed E-state index contributed by atoms with van der Waals surface area (Å²) in [6.45, 7) is 6.04. The SMILES string of the molecule is CC(C)c1ccccc1Oc1ccc(F)cc1[C@@H](C)N. The summed E-state index contributed by atoms with van der Waals surface area (Å²) in [7, 11) is 0. The summed E-state index contributed by atoms with van der Waals surface area (Å²) < 4.78 is 19.3. The zero-order valence-corrected chi connectivity index (χ0v) is 12.1. The van der Waals surface area contributed by atoms with Gasteiger partial charge in [0, 0.05) is 11.6 Å². The molecule has 0 aromatic heterocycles. The molecular formula is C17H20FNO. The smallest absolute Gasteiger partial charge is 0.132 e. The number of hydrogen-bond donors (Lipinski definition) is 1.